The van der Waals surface area contributed by atoms with Gasteiger partial charge in [-0.2, -0.15) is 5.26 Å². The van der Waals surface area contributed by atoms with E-state index in [4.69, 9.17) is 0 Å². The van der Waals surface area contributed by atoms with Gasteiger partial charge in [-0.25, -0.2) is 0 Å². The van der Waals surface area contributed by atoms with Gasteiger partial charge in [0.1, 0.15) is 0 Å². The fourth-order valence-electron chi connectivity index (χ4n) is 3.57. The molecule has 1 atom stereocenters. The molecule has 3 nitrogen and oxygen atoms in total. The molecule has 1 aliphatic heterocycles. The van der Waals surface area contributed by atoms with E-state index in [1.165, 1.54) is 0 Å². The molecule has 0 bridgehead atoms. The summed E-state index contributed by atoms with van der Waals surface area (Å²) >= 11 is 0. The monoisotopic (exact) mass is 236 g/mol. The molecule has 1 N–H and O–H groups in total. The van der Waals surface area contributed by atoms with Gasteiger partial charge >= 0.3 is 0 Å². The van der Waals surface area contributed by atoms with Crippen molar-refractivity contribution in [2.75, 3.05) is 20.1 Å². The fourth-order valence-corrected chi connectivity index (χ4v) is 3.57. The van der Waals surface area contributed by atoms with Gasteiger partial charge in [0.15, 0.2) is 0 Å². The Kier molecular flexibility index (Phi) is 3.47. The molecule has 1 unspecified atom stereocenters. The summed E-state index contributed by atoms with van der Waals surface area (Å²) in [6.07, 6.45) is 5.70. The molecule has 1 saturated carbocycles. The van der Waals surface area contributed by atoms with E-state index in [2.05, 4.69) is 17.9 Å². The molecule has 1 saturated heterocycles. The van der Waals surface area contributed by atoms with E-state index in [-0.39, 0.29) is 0 Å². The number of aliphatic hydroxyl groups is 1. The predicted octanol–water partition coefficient (Wildman–Crippen LogP) is 2.16. The van der Waals surface area contributed by atoms with Gasteiger partial charge in [-0.1, -0.05) is 6.92 Å². The Hall–Kier alpha value is -0.590. The molecular formula is C14H24N2O. The Labute approximate surface area is 104 Å². The lowest BCUT2D eigenvalue weighted by molar-refractivity contribution is -0.115. The molecule has 1 aliphatic carbocycles. The van der Waals surface area contributed by atoms with Crippen LogP contribution in [0.1, 0.15) is 45.4 Å². The smallest absolute Gasteiger partial charge is 0.0959 e. The number of nitriles is 1. The highest BCUT2D eigenvalue weighted by molar-refractivity contribution is 5.14. The normalized spacial score (nSPS) is 44.2. The Morgan fingerprint density at radius 1 is 1.29 bits per heavy atom. The average Bonchev–Trinajstić information content (AvgIpc) is 2.30. The van der Waals surface area contributed by atoms with Crippen molar-refractivity contribution in [3.05, 3.63) is 0 Å². The minimum Gasteiger partial charge on any atom is -0.387 e. The molecule has 0 aromatic carbocycles. The van der Waals surface area contributed by atoms with Crippen molar-refractivity contribution in [1.29, 1.82) is 5.26 Å². The lowest BCUT2D eigenvalue weighted by Crippen LogP contribution is -2.58. The van der Waals surface area contributed by atoms with Crippen LogP contribution in [-0.2, 0) is 0 Å². The first kappa shape index (κ1) is 12.9. The number of likely N-dealkylation sites (N-methyl/N-ethyl adjacent to an activating group) is 1. The van der Waals surface area contributed by atoms with Gasteiger partial charge in [0.2, 0.25) is 0 Å². The molecule has 3 heteroatoms. The second kappa shape index (κ2) is 4.59. The maximum atomic E-state index is 10.9. The molecule has 0 radical (unpaired) electrons. The molecule has 2 fully saturated rings. The van der Waals surface area contributed by atoms with Crippen LogP contribution >= 0.6 is 0 Å². The molecule has 1 heterocycles. The summed E-state index contributed by atoms with van der Waals surface area (Å²) in [7, 11) is 2.04. The van der Waals surface area contributed by atoms with Crippen LogP contribution in [0.3, 0.4) is 0 Å². The van der Waals surface area contributed by atoms with Crippen LogP contribution in [0.5, 0.6) is 0 Å². The molecule has 2 rings (SSSR count). The van der Waals surface area contributed by atoms with Gasteiger partial charge < -0.3 is 10.0 Å². The van der Waals surface area contributed by atoms with Gasteiger partial charge in [-0.15, -0.1) is 0 Å². The molecular weight excluding hydrogens is 212 g/mol. The Morgan fingerprint density at radius 2 is 1.94 bits per heavy atom. The topological polar surface area (TPSA) is 47.3 Å². The zero-order valence-electron chi connectivity index (χ0n) is 11.1. The van der Waals surface area contributed by atoms with E-state index in [0.29, 0.717) is 12.5 Å². The van der Waals surface area contributed by atoms with E-state index in [0.717, 1.165) is 45.1 Å². The second-order valence-corrected chi connectivity index (χ2v) is 6.25. The summed E-state index contributed by atoms with van der Waals surface area (Å²) in [4.78, 5) is 2.17. The van der Waals surface area contributed by atoms with Crippen molar-refractivity contribution in [2.24, 2.45) is 11.3 Å². The van der Waals surface area contributed by atoms with Gasteiger partial charge in [0.25, 0.3) is 0 Å². The predicted molar refractivity (Wildman–Crippen MR) is 67.4 cm³/mol. The first-order valence-electron chi connectivity index (χ1n) is 6.83. The summed E-state index contributed by atoms with van der Waals surface area (Å²) in [5, 5.41) is 20.5. The lowest BCUT2D eigenvalue weighted by Gasteiger charge is -2.50. The van der Waals surface area contributed by atoms with E-state index >= 15 is 0 Å². The van der Waals surface area contributed by atoms with Crippen molar-refractivity contribution < 1.29 is 5.11 Å². The van der Waals surface area contributed by atoms with E-state index in [1.807, 2.05) is 7.05 Å². The SMILES string of the molecule is CC1CCC(C#N)(C2(O)CCCN(C)C2)CC1. The molecule has 96 valence electrons. The number of piperidine rings is 1. The lowest BCUT2D eigenvalue weighted by atomic mass is 9.60. The zero-order valence-corrected chi connectivity index (χ0v) is 11.1. The van der Waals surface area contributed by atoms with Gasteiger partial charge in [0.05, 0.1) is 17.1 Å². The van der Waals surface area contributed by atoms with Gasteiger partial charge in [-0.3, -0.25) is 0 Å². The van der Waals surface area contributed by atoms with E-state index in [1.54, 1.807) is 0 Å². The maximum Gasteiger partial charge on any atom is 0.0959 e. The molecule has 0 aromatic rings. The van der Waals surface area contributed by atoms with Crippen LogP contribution in [0.4, 0.5) is 0 Å². The first-order valence-corrected chi connectivity index (χ1v) is 6.83. The van der Waals surface area contributed by atoms with Crippen molar-refractivity contribution in [2.45, 2.75) is 51.0 Å². The summed E-state index contributed by atoms with van der Waals surface area (Å²) in [5.41, 5.74) is -1.27. The average molecular weight is 236 g/mol. The van der Waals surface area contributed by atoms with Crippen LogP contribution < -0.4 is 0 Å². The number of β-amino-alcohol motifs (C(OH)–C–C–N with tert-alkyl or cyclic N) is 1. The first-order chi connectivity index (χ1) is 8.01. The standard InChI is InChI=1S/C14H24N2O/c1-12-4-7-13(10-15,8-5-12)14(17)6-3-9-16(2)11-14/h12,17H,3-9,11H2,1-2H3. The summed E-state index contributed by atoms with van der Waals surface area (Å²) in [6.45, 7) is 3.95. The number of likely N-dealkylation sites (tertiary alicyclic amines) is 1. The summed E-state index contributed by atoms with van der Waals surface area (Å²) < 4.78 is 0. The third-order valence-electron chi connectivity index (χ3n) is 4.89. The highest BCUT2D eigenvalue weighted by Gasteiger charge is 2.52. The van der Waals surface area contributed by atoms with E-state index in [9.17, 15) is 10.4 Å². The van der Waals surface area contributed by atoms with Crippen LogP contribution in [0.15, 0.2) is 0 Å². The van der Waals surface area contributed by atoms with Crippen molar-refractivity contribution in [3.8, 4) is 6.07 Å². The number of rotatable bonds is 1. The molecule has 0 spiro atoms. The van der Waals surface area contributed by atoms with Gasteiger partial charge in [-0.05, 0) is 58.0 Å². The Balaban J connectivity index is 2.19. The highest BCUT2D eigenvalue weighted by atomic mass is 16.3. The Bertz CT molecular complexity index is 315. The molecule has 0 aromatic heterocycles. The number of hydrogen-bond acceptors (Lipinski definition) is 3. The van der Waals surface area contributed by atoms with Crippen LogP contribution in [0.2, 0.25) is 0 Å². The molecule has 0 amide bonds. The largest absolute Gasteiger partial charge is 0.387 e. The zero-order chi connectivity index (χ0) is 12.5. The van der Waals surface area contributed by atoms with Crippen molar-refractivity contribution >= 4 is 0 Å². The Morgan fingerprint density at radius 3 is 2.47 bits per heavy atom. The maximum absolute atomic E-state index is 10.9. The van der Waals surface area contributed by atoms with Gasteiger partial charge in [0, 0.05) is 6.54 Å². The number of hydrogen-bond donors (Lipinski definition) is 1. The third-order valence-corrected chi connectivity index (χ3v) is 4.89. The summed E-state index contributed by atoms with van der Waals surface area (Å²) in [5.74, 6) is 0.710. The summed E-state index contributed by atoms with van der Waals surface area (Å²) in [6, 6.07) is 2.49. The number of nitrogens with zero attached hydrogens (tertiary/aromatic N) is 2. The van der Waals surface area contributed by atoms with E-state index < -0.39 is 11.0 Å². The van der Waals surface area contributed by atoms with Crippen LogP contribution in [-0.4, -0.2) is 35.7 Å². The molecule has 2 aliphatic rings. The quantitative estimate of drug-likeness (QED) is 0.759. The van der Waals surface area contributed by atoms with Crippen LogP contribution in [0.25, 0.3) is 0 Å². The minimum atomic E-state index is -0.783. The van der Waals surface area contributed by atoms with Crippen molar-refractivity contribution in [1.82, 2.24) is 4.90 Å². The van der Waals surface area contributed by atoms with Crippen molar-refractivity contribution in [3.63, 3.8) is 0 Å². The highest BCUT2D eigenvalue weighted by Crippen LogP contribution is 2.49. The minimum absolute atomic E-state index is 0.492. The fraction of sp³-hybridized carbons (Fsp3) is 0.929. The third kappa shape index (κ3) is 2.21. The molecule has 17 heavy (non-hydrogen) atoms. The second-order valence-electron chi connectivity index (χ2n) is 6.25. The van der Waals surface area contributed by atoms with Crippen LogP contribution in [0, 0.1) is 22.7 Å².